The van der Waals surface area contributed by atoms with Gasteiger partial charge in [0.25, 0.3) is 0 Å². The van der Waals surface area contributed by atoms with Crippen LogP contribution in [0.25, 0.3) is 0 Å². The van der Waals surface area contributed by atoms with Gasteiger partial charge in [-0.1, -0.05) is 30.3 Å². The highest BCUT2D eigenvalue weighted by molar-refractivity contribution is 5.73. The van der Waals surface area contributed by atoms with Crippen LogP contribution in [-0.4, -0.2) is 63.1 Å². The van der Waals surface area contributed by atoms with Gasteiger partial charge in [-0.05, 0) is 12.0 Å². The monoisotopic (exact) mass is 326 g/mol. The van der Waals surface area contributed by atoms with E-state index >= 15 is 0 Å². The van der Waals surface area contributed by atoms with Crippen molar-refractivity contribution in [3.8, 4) is 0 Å². The van der Waals surface area contributed by atoms with Gasteiger partial charge in [-0.15, -0.1) is 0 Å². The Morgan fingerprint density at radius 2 is 1.70 bits per heavy atom. The molecule has 8 nitrogen and oxygen atoms in total. The van der Waals surface area contributed by atoms with E-state index in [1.54, 1.807) is 0 Å². The molecule has 0 radical (unpaired) electrons. The molecule has 8 heteroatoms. The molecule has 5 unspecified atom stereocenters. The fraction of sp³-hybridized carbons (Fsp3) is 0.467. The third kappa shape index (κ3) is 4.26. The zero-order valence-corrected chi connectivity index (χ0v) is 12.1. The van der Waals surface area contributed by atoms with Gasteiger partial charge in [-0.25, -0.2) is 4.79 Å². The fourth-order valence-electron chi connectivity index (χ4n) is 2.23. The fourth-order valence-corrected chi connectivity index (χ4v) is 2.23. The van der Waals surface area contributed by atoms with Crippen LogP contribution < -0.4 is 0 Å². The third-order valence-corrected chi connectivity index (χ3v) is 3.52. The molecule has 0 spiro atoms. The molecule has 126 valence electrons. The summed E-state index contributed by atoms with van der Waals surface area (Å²) in [6, 6.07) is 9.15. The Kier molecular flexibility index (Phi) is 5.67. The second-order valence-corrected chi connectivity index (χ2v) is 5.21. The van der Waals surface area contributed by atoms with Crippen molar-refractivity contribution < 1.29 is 39.5 Å². The number of carbonyl (C=O) groups excluding carboxylic acids is 1. The Morgan fingerprint density at radius 1 is 1.04 bits per heavy atom. The predicted molar refractivity (Wildman–Crippen MR) is 75.2 cm³/mol. The Bertz CT molecular complexity index is 546. The van der Waals surface area contributed by atoms with Crippen molar-refractivity contribution >= 4 is 11.9 Å². The molecule has 4 N–H and O–H groups in total. The first-order valence-corrected chi connectivity index (χ1v) is 7.06. The highest BCUT2D eigenvalue weighted by atomic mass is 16.7. The molecule has 1 saturated heterocycles. The maximum atomic E-state index is 11.8. The van der Waals surface area contributed by atoms with Gasteiger partial charge in [0.1, 0.15) is 18.3 Å². The van der Waals surface area contributed by atoms with Gasteiger partial charge >= 0.3 is 11.9 Å². The maximum Gasteiger partial charge on any atom is 0.335 e. The standard InChI is InChI=1S/C15H18O8/c16-9(7-6-8-4-2-1-3-5-8)22-15-12(19)10(17)11(18)13(23-15)14(20)21/h1-5,10-13,15,17-19H,6-7H2,(H,20,21). The lowest BCUT2D eigenvalue weighted by atomic mass is 9.99. The molecular weight excluding hydrogens is 308 g/mol. The number of aryl methyl sites for hydroxylation is 1. The molecule has 0 aromatic heterocycles. The lowest BCUT2D eigenvalue weighted by Gasteiger charge is -2.37. The number of aliphatic hydroxyl groups is 3. The van der Waals surface area contributed by atoms with E-state index in [-0.39, 0.29) is 6.42 Å². The highest BCUT2D eigenvalue weighted by Gasteiger charge is 2.48. The van der Waals surface area contributed by atoms with Gasteiger partial charge in [0.2, 0.25) is 6.29 Å². The normalized spacial score (nSPS) is 30.7. The number of rotatable bonds is 5. The van der Waals surface area contributed by atoms with Crippen molar-refractivity contribution in [1.29, 1.82) is 0 Å². The molecule has 23 heavy (non-hydrogen) atoms. The summed E-state index contributed by atoms with van der Waals surface area (Å²) in [5, 5.41) is 37.8. The zero-order chi connectivity index (χ0) is 17.0. The number of carboxylic acids is 1. The van der Waals surface area contributed by atoms with Crippen LogP contribution in [-0.2, 0) is 25.5 Å². The summed E-state index contributed by atoms with van der Waals surface area (Å²) in [4.78, 5) is 22.7. The van der Waals surface area contributed by atoms with E-state index in [4.69, 9.17) is 14.6 Å². The van der Waals surface area contributed by atoms with E-state index in [9.17, 15) is 24.9 Å². The van der Waals surface area contributed by atoms with Gasteiger partial charge in [0, 0.05) is 6.42 Å². The molecule has 0 amide bonds. The number of carbonyl (C=O) groups is 2. The van der Waals surface area contributed by atoms with Crippen LogP contribution >= 0.6 is 0 Å². The van der Waals surface area contributed by atoms with Crippen molar-refractivity contribution in [2.45, 2.75) is 43.5 Å². The number of aliphatic carboxylic acids is 1. The molecule has 1 aromatic rings. The summed E-state index contributed by atoms with van der Waals surface area (Å²) in [6.45, 7) is 0. The van der Waals surface area contributed by atoms with Crippen molar-refractivity contribution in [1.82, 2.24) is 0 Å². The van der Waals surface area contributed by atoms with Crippen LogP contribution in [0.4, 0.5) is 0 Å². The van der Waals surface area contributed by atoms with Crippen LogP contribution in [0.3, 0.4) is 0 Å². The number of hydrogen-bond acceptors (Lipinski definition) is 7. The first-order valence-electron chi connectivity index (χ1n) is 7.06. The van der Waals surface area contributed by atoms with Crippen molar-refractivity contribution in [3.05, 3.63) is 35.9 Å². The Labute approximate surface area is 131 Å². The van der Waals surface area contributed by atoms with E-state index in [1.807, 2.05) is 30.3 Å². The van der Waals surface area contributed by atoms with E-state index in [2.05, 4.69) is 0 Å². The average Bonchev–Trinajstić information content (AvgIpc) is 2.54. The molecule has 1 aliphatic rings. The van der Waals surface area contributed by atoms with Gasteiger partial charge in [-0.2, -0.15) is 0 Å². The van der Waals surface area contributed by atoms with Crippen LogP contribution in [0.2, 0.25) is 0 Å². The summed E-state index contributed by atoms with van der Waals surface area (Å²) >= 11 is 0. The average molecular weight is 326 g/mol. The molecule has 1 aromatic carbocycles. The van der Waals surface area contributed by atoms with Crippen molar-refractivity contribution in [2.24, 2.45) is 0 Å². The second-order valence-electron chi connectivity index (χ2n) is 5.21. The van der Waals surface area contributed by atoms with Crippen LogP contribution in [0, 0.1) is 0 Å². The quantitative estimate of drug-likeness (QED) is 0.509. The number of esters is 1. The smallest absolute Gasteiger partial charge is 0.335 e. The van der Waals surface area contributed by atoms with Crippen LogP contribution in [0.1, 0.15) is 12.0 Å². The molecule has 0 saturated carbocycles. The highest BCUT2D eigenvalue weighted by Crippen LogP contribution is 2.22. The number of benzene rings is 1. The number of carboxylic acid groups (broad SMARTS) is 1. The summed E-state index contributed by atoms with van der Waals surface area (Å²) in [5.74, 6) is -2.25. The third-order valence-electron chi connectivity index (χ3n) is 3.52. The van der Waals surface area contributed by atoms with Gasteiger partial charge in [0.15, 0.2) is 6.10 Å². The Hall–Kier alpha value is -2.00. The molecular formula is C15H18O8. The predicted octanol–water partition coefficient (Wildman–Crippen LogP) is -0.945. The van der Waals surface area contributed by atoms with Gasteiger partial charge in [0.05, 0.1) is 0 Å². The Balaban J connectivity index is 1.92. The summed E-state index contributed by atoms with van der Waals surface area (Å²) in [6.07, 6.45) is -8.40. The SMILES string of the molecule is O=C(CCc1ccccc1)OC1OC(C(=O)O)C(O)C(O)C1O. The lowest BCUT2D eigenvalue weighted by molar-refractivity contribution is -0.286. The number of ether oxygens (including phenoxy) is 2. The van der Waals surface area contributed by atoms with E-state index < -0.39 is 42.6 Å². The first-order chi connectivity index (χ1) is 10.9. The van der Waals surface area contributed by atoms with Crippen molar-refractivity contribution in [3.63, 3.8) is 0 Å². The minimum atomic E-state index is -1.82. The van der Waals surface area contributed by atoms with E-state index in [0.29, 0.717) is 6.42 Å². The molecule has 1 aliphatic heterocycles. The van der Waals surface area contributed by atoms with E-state index in [0.717, 1.165) is 5.56 Å². The van der Waals surface area contributed by atoms with Crippen molar-refractivity contribution in [2.75, 3.05) is 0 Å². The van der Waals surface area contributed by atoms with Gasteiger partial charge in [-0.3, -0.25) is 4.79 Å². The first kappa shape index (κ1) is 17.4. The minimum absolute atomic E-state index is 0.00696. The zero-order valence-electron chi connectivity index (χ0n) is 12.1. The second kappa shape index (κ2) is 7.51. The Morgan fingerprint density at radius 3 is 2.30 bits per heavy atom. The molecule has 0 bridgehead atoms. The summed E-state index contributed by atoms with van der Waals surface area (Å²) < 4.78 is 9.74. The number of hydrogen-bond donors (Lipinski definition) is 4. The maximum absolute atomic E-state index is 11.8. The van der Waals surface area contributed by atoms with Crippen LogP contribution in [0.5, 0.6) is 0 Å². The summed E-state index contributed by atoms with van der Waals surface area (Å²) in [7, 11) is 0. The summed E-state index contributed by atoms with van der Waals surface area (Å²) in [5.41, 5.74) is 0.911. The molecule has 0 aliphatic carbocycles. The molecule has 2 rings (SSSR count). The lowest BCUT2D eigenvalue weighted by Crippen LogP contribution is -2.60. The topological polar surface area (TPSA) is 134 Å². The largest absolute Gasteiger partial charge is 0.479 e. The van der Waals surface area contributed by atoms with E-state index in [1.165, 1.54) is 0 Å². The molecule has 1 heterocycles. The van der Waals surface area contributed by atoms with Crippen LogP contribution in [0.15, 0.2) is 30.3 Å². The minimum Gasteiger partial charge on any atom is -0.479 e. The number of aliphatic hydroxyl groups excluding tert-OH is 3. The molecule has 5 atom stereocenters. The van der Waals surface area contributed by atoms with Gasteiger partial charge < -0.3 is 29.9 Å². The molecule has 1 fully saturated rings.